The third-order valence-electron chi connectivity index (χ3n) is 4.58. The first-order valence-electron chi connectivity index (χ1n) is 10.7. The van der Waals surface area contributed by atoms with Gasteiger partial charge >= 0.3 is 0 Å². The third-order valence-corrected chi connectivity index (χ3v) is 4.58. The molecule has 0 aliphatic rings. The summed E-state index contributed by atoms with van der Waals surface area (Å²) in [7, 11) is 0. The molecular weight excluding hydrogens is 396 g/mol. The van der Waals surface area contributed by atoms with Gasteiger partial charge in [-0.05, 0) is 76.2 Å². The van der Waals surface area contributed by atoms with Crippen LogP contribution < -0.4 is 14.5 Å². The Kier molecular flexibility index (Phi) is 9.58. The highest BCUT2D eigenvalue weighted by Gasteiger charge is 2.14. The maximum Gasteiger partial charge on any atom is 0.127 e. The second-order valence-corrected chi connectivity index (χ2v) is 8.30. The quantitative estimate of drug-likeness (QED) is 0.409. The largest absolute Gasteiger partial charge is 0.457 e. The van der Waals surface area contributed by atoms with Crippen LogP contribution in [0.2, 0.25) is 0 Å². The molecule has 0 amide bonds. The molecular formula is C24H36N2O5. The molecule has 2 aromatic carbocycles. The van der Waals surface area contributed by atoms with E-state index in [1.54, 1.807) is 27.7 Å². The Hall–Kier alpha value is -2.32. The number of rotatable bonds is 12. The van der Waals surface area contributed by atoms with Gasteiger partial charge in [-0.2, -0.15) is 0 Å². The molecule has 0 aliphatic heterocycles. The molecule has 7 heteroatoms. The van der Waals surface area contributed by atoms with E-state index in [2.05, 4.69) is 0 Å². The van der Waals surface area contributed by atoms with Gasteiger partial charge in [-0.1, -0.05) is 0 Å². The standard InChI is InChI=1S/C24H36N2O5/c1-17(27)13-25(14-18(2)28)21-5-9-23(10-6-21)31-24-11-7-22(8-12-24)26(15-19(3)29)16-20(4)30/h5-12,17-20,27-30H,13-16H2,1-4H3. The van der Waals surface area contributed by atoms with E-state index in [-0.39, 0.29) is 0 Å². The fourth-order valence-corrected chi connectivity index (χ4v) is 3.43. The van der Waals surface area contributed by atoms with Crippen LogP contribution in [0.1, 0.15) is 27.7 Å². The zero-order chi connectivity index (χ0) is 23.0. The number of benzene rings is 2. The molecule has 0 fully saturated rings. The lowest BCUT2D eigenvalue weighted by molar-refractivity contribution is 0.177. The van der Waals surface area contributed by atoms with Gasteiger partial charge in [0.1, 0.15) is 11.5 Å². The van der Waals surface area contributed by atoms with Crippen LogP contribution in [0, 0.1) is 0 Å². The molecule has 31 heavy (non-hydrogen) atoms. The number of hydrogen-bond acceptors (Lipinski definition) is 7. The maximum absolute atomic E-state index is 9.72. The van der Waals surface area contributed by atoms with Crippen LogP contribution in [0.15, 0.2) is 48.5 Å². The van der Waals surface area contributed by atoms with Crippen molar-refractivity contribution in [2.24, 2.45) is 0 Å². The minimum absolute atomic E-state index is 0.433. The first-order valence-corrected chi connectivity index (χ1v) is 10.7. The summed E-state index contributed by atoms with van der Waals surface area (Å²) in [5.74, 6) is 1.35. The van der Waals surface area contributed by atoms with Gasteiger partial charge < -0.3 is 35.0 Å². The Morgan fingerprint density at radius 2 is 0.806 bits per heavy atom. The predicted octanol–water partition coefficient (Wildman–Crippen LogP) is 2.61. The van der Waals surface area contributed by atoms with Crippen molar-refractivity contribution in [3.63, 3.8) is 0 Å². The average molecular weight is 433 g/mol. The Morgan fingerprint density at radius 1 is 0.548 bits per heavy atom. The summed E-state index contributed by atoms with van der Waals surface area (Å²) in [4.78, 5) is 3.87. The molecule has 0 saturated heterocycles. The Morgan fingerprint density at radius 3 is 1.03 bits per heavy atom. The highest BCUT2D eigenvalue weighted by Crippen LogP contribution is 2.27. The Labute approximate surface area is 185 Å². The molecule has 0 bridgehead atoms. The van der Waals surface area contributed by atoms with Crippen LogP contribution in [-0.4, -0.2) is 71.0 Å². The smallest absolute Gasteiger partial charge is 0.127 e. The third kappa shape index (κ3) is 8.75. The number of hydrogen-bond donors (Lipinski definition) is 4. The molecule has 4 unspecified atom stereocenters. The van der Waals surface area contributed by atoms with Crippen LogP contribution in [0.3, 0.4) is 0 Å². The van der Waals surface area contributed by atoms with E-state index in [1.807, 2.05) is 58.3 Å². The van der Waals surface area contributed by atoms with Gasteiger partial charge in [-0.25, -0.2) is 0 Å². The minimum Gasteiger partial charge on any atom is -0.457 e. The zero-order valence-electron chi connectivity index (χ0n) is 18.8. The maximum atomic E-state index is 9.72. The van der Waals surface area contributed by atoms with Crippen molar-refractivity contribution >= 4 is 11.4 Å². The van der Waals surface area contributed by atoms with Crippen LogP contribution in [0.5, 0.6) is 11.5 Å². The average Bonchev–Trinajstić information content (AvgIpc) is 2.67. The Bertz CT molecular complexity index is 675. The second-order valence-electron chi connectivity index (χ2n) is 8.30. The van der Waals surface area contributed by atoms with E-state index >= 15 is 0 Å². The van der Waals surface area contributed by atoms with E-state index in [9.17, 15) is 20.4 Å². The molecule has 7 nitrogen and oxygen atoms in total. The highest BCUT2D eigenvalue weighted by atomic mass is 16.5. The fraction of sp³-hybridized carbons (Fsp3) is 0.500. The van der Waals surface area contributed by atoms with Gasteiger partial charge in [0, 0.05) is 37.6 Å². The van der Waals surface area contributed by atoms with Gasteiger partial charge in [-0.15, -0.1) is 0 Å². The molecule has 172 valence electrons. The molecule has 4 atom stereocenters. The monoisotopic (exact) mass is 432 g/mol. The number of anilines is 2. The summed E-state index contributed by atoms with van der Waals surface area (Å²) in [5, 5.41) is 38.9. The van der Waals surface area contributed by atoms with Crippen LogP contribution in [-0.2, 0) is 0 Å². The van der Waals surface area contributed by atoms with Gasteiger partial charge in [0.25, 0.3) is 0 Å². The minimum atomic E-state index is -0.504. The van der Waals surface area contributed by atoms with E-state index in [1.165, 1.54) is 0 Å². The van der Waals surface area contributed by atoms with Crippen molar-refractivity contribution in [1.82, 2.24) is 0 Å². The zero-order valence-corrected chi connectivity index (χ0v) is 18.8. The summed E-state index contributed by atoms with van der Waals surface area (Å²) in [6, 6.07) is 15.0. The lowest BCUT2D eigenvalue weighted by Gasteiger charge is -2.28. The van der Waals surface area contributed by atoms with Gasteiger partial charge in [0.05, 0.1) is 24.4 Å². The summed E-state index contributed by atoms with van der Waals surface area (Å²) < 4.78 is 5.94. The Balaban J connectivity index is 2.07. The summed E-state index contributed by atoms with van der Waals surface area (Å²) >= 11 is 0. The molecule has 4 N–H and O–H groups in total. The molecule has 0 heterocycles. The fourth-order valence-electron chi connectivity index (χ4n) is 3.43. The van der Waals surface area contributed by atoms with E-state index in [4.69, 9.17) is 4.74 Å². The number of nitrogens with zero attached hydrogens (tertiary/aromatic N) is 2. The molecule has 0 saturated carbocycles. The van der Waals surface area contributed by atoms with Crippen molar-refractivity contribution in [1.29, 1.82) is 0 Å². The SMILES string of the molecule is CC(O)CN(CC(C)O)c1ccc(Oc2ccc(N(CC(C)O)CC(C)O)cc2)cc1. The van der Waals surface area contributed by atoms with Gasteiger partial charge in [-0.3, -0.25) is 0 Å². The predicted molar refractivity (Wildman–Crippen MR) is 124 cm³/mol. The van der Waals surface area contributed by atoms with Crippen molar-refractivity contribution in [2.75, 3.05) is 36.0 Å². The lowest BCUT2D eigenvalue weighted by Crippen LogP contribution is -2.36. The van der Waals surface area contributed by atoms with Crippen LogP contribution in [0.25, 0.3) is 0 Å². The van der Waals surface area contributed by atoms with Crippen LogP contribution >= 0.6 is 0 Å². The topological polar surface area (TPSA) is 96.6 Å². The van der Waals surface area contributed by atoms with Crippen molar-refractivity contribution in [2.45, 2.75) is 52.1 Å². The molecule has 2 rings (SSSR count). The number of aliphatic hydroxyl groups excluding tert-OH is 4. The normalized spacial score (nSPS) is 15.1. The van der Waals surface area contributed by atoms with Gasteiger partial charge in [0.2, 0.25) is 0 Å². The van der Waals surface area contributed by atoms with E-state index in [0.717, 1.165) is 11.4 Å². The first kappa shape index (κ1) is 24.9. The summed E-state index contributed by atoms with van der Waals surface area (Å²) in [6.45, 7) is 8.62. The van der Waals surface area contributed by atoms with Crippen molar-refractivity contribution in [3.05, 3.63) is 48.5 Å². The molecule has 0 spiro atoms. The highest BCUT2D eigenvalue weighted by molar-refractivity contribution is 5.52. The lowest BCUT2D eigenvalue weighted by atomic mass is 10.2. The first-order chi connectivity index (χ1) is 14.6. The van der Waals surface area contributed by atoms with E-state index < -0.39 is 24.4 Å². The molecule has 0 radical (unpaired) electrons. The molecule has 0 aromatic heterocycles. The van der Waals surface area contributed by atoms with Gasteiger partial charge in [0.15, 0.2) is 0 Å². The summed E-state index contributed by atoms with van der Waals surface area (Å²) in [6.07, 6.45) is -2.02. The molecule has 0 aliphatic carbocycles. The van der Waals surface area contributed by atoms with Crippen LogP contribution in [0.4, 0.5) is 11.4 Å². The molecule has 2 aromatic rings. The van der Waals surface area contributed by atoms with E-state index in [0.29, 0.717) is 37.7 Å². The summed E-state index contributed by atoms with van der Waals surface area (Å²) in [5.41, 5.74) is 1.80. The second kappa shape index (κ2) is 11.9. The van der Waals surface area contributed by atoms with Crippen molar-refractivity contribution in [3.8, 4) is 11.5 Å². The van der Waals surface area contributed by atoms with Crippen molar-refractivity contribution < 1.29 is 25.2 Å². The number of aliphatic hydroxyl groups is 4. The number of ether oxygens (including phenoxy) is 1.